The number of hydrogen-bond acceptors (Lipinski definition) is 4. The summed E-state index contributed by atoms with van der Waals surface area (Å²) in [6.07, 6.45) is 0. The molecule has 114 valence electrons. The molecular weight excluding hydrogens is 290 g/mol. The molecule has 1 atom stereocenters. The first-order valence-corrected chi connectivity index (χ1v) is 7.77. The summed E-state index contributed by atoms with van der Waals surface area (Å²) < 4.78 is 17.4. The third kappa shape index (κ3) is 1.81. The second-order valence-corrected chi connectivity index (χ2v) is 5.85. The Balaban J connectivity index is 1.64. The van der Waals surface area contributed by atoms with Crippen LogP contribution < -0.4 is 14.2 Å². The van der Waals surface area contributed by atoms with Gasteiger partial charge in [0, 0.05) is 16.8 Å². The van der Waals surface area contributed by atoms with Gasteiger partial charge in [0.05, 0.1) is 0 Å². The Labute approximate surface area is 134 Å². The molecule has 0 amide bonds. The minimum absolute atomic E-state index is 0.0191. The van der Waals surface area contributed by atoms with Gasteiger partial charge in [-0.25, -0.2) is 0 Å². The van der Waals surface area contributed by atoms with Gasteiger partial charge in [-0.2, -0.15) is 0 Å². The first-order chi connectivity index (χ1) is 11.3. The number of hydrogen-bond donors (Lipinski definition) is 0. The first kappa shape index (κ1) is 12.8. The van der Waals surface area contributed by atoms with Crippen LogP contribution in [0.1, 0.15) is 24.1 Å². The zero-order chi connectivity index (χ0) is 15.4. The highest BCUT2D eigenvalue weighted by molar-refractivity contribution is 6.25. The monoisotopic (exact) mass is 305 g/mol. The van der Waals surface area contributed by atoms with Gasteiger partial charge in [-0.3, -0.25) is 4.99 Å². The van der Waals surface area contributed by atoms with Crippen LogP contribution in [-0.4, -0.2) is 18.9 Å². The van der Waals surface area contributed by atoms with Crippen LogP contribution in [0.2, 0.25) is 0 Å². The summed E-state index contributed by atoms with van der Waals surface area (Å²) in [5.74, 6) is 3.40. The molecule has 1 unspecified atom stereocenters. The van der Waals surface area contributed by atoms with Crippen molar-refractivity contribution >= 4 is 11.3 Å². The fourth-order valence-corrected chi connectivity index (χ4v) is 3.42. The van der Waals surface area contributed by atoms with E-state index in [2.05, 4.69) is 6.07 Å². The maximum atomic E-state index is 6.11. The fraction of sp³-hybridized carbons (Fsp3) is 0.211. The van der Waals surface area contributed by atoms with E-state index in [1.54, 1.807) is 0 Å². The summed E-state index contributed by atoms with van der Waals surface area (Å²) in [6.45, 7) is 3.21. The van der Waals surface area contributed by atoms with E-state index in [1.807, 2.05) is 43.3 Å². The van der Waals surface area contributed by atoms with Crippen molar-refractivity contribution in [2.24, 2.45) is 4.99 Å². The second kappa shape index (κ2) is 4.62. The molecule has 0 radical (unpaired) electrons. The van der Waals surface area contributed by atoms with Gasteiger partial charge in [0.15, 0.2) is 11.5 Å². The molecule has 2 aromatic carbocycles. The van der Waals surface area contributed by atoms with Crippen LogP contribution in [0.25, 0.3) is 5.57 Å². The Hall–Kier alpha value is -2.75. The van der Waals surface area contributed by atoms with Crippen LogP contribution in [0.5, 0.6) is 17.2 Å². The Bertz CT molecular complexity index is 882. The van der Waals surface area contributed by atoms with Crippen molar-refractivity contribution in [2.75, 3.05) is 13.2 Å². The van der Waals surface area contributed by atoms with Crippen molar-refractivity contribution in [1.82, 2.24) is 0 Å². The number of para-hydroxylation sites is 1. The number of aliphatic imine (C=N–C) groups is 1. The summed E-state index contributed by atoms with van der Waals surface area (Å²) in [7, 11) is 0. The molecule has 0 N–H and O–H groups in total. The van der Waals surface area contributed by atoms with Crippen LogP contribution in [0.3, 0.4) is 0 Å². The van der Waals surface area contributed by atoms with Gasteiger partial charge in [-0.1, -0.05) is 24.3 Å². The largest absolute Gasteiger partial charge is 0.486 e. The van der Waals surface area contributed by atoms with E-state index in [9.17, 15) is 0 Å². The summed E-state index contributed by atoms with van der Waals surface area (Å²) in [4.78, 5) is 4.81. The fourth-order valence-electron chi connectivity index (χ4n) is 3.42. The number of nitrogens with zero attached hydrogens (tertiary/aromatic N) is 1. The lowest BCUT2D eigenvalue weighted by Gasteiger charge is -2.19. The van der Waals surface area contributed by atoms with Crippen LogP contribution in [0, 0.1) is 0 Å². The lowest BCUT2D eigenvalue weighted by molar-refractivity contribution is 0.171. The van der Waals surface area contributed by atoms with Crippen molar-refractivity contribution in [3.05, 3.63) is 59.4 Å². The standard InChI is InChI=1S/C19H15NO3/c1-11-17(12-6-7-15-16(10-12)22-9-8-21-15)19-18(20-11)13-4-2-3-5-14(13)23-19/h2-7,10,18H,8-9H2,1H3. The van der Waals surface area contributed by atoms with Crippen LogP contribution in [0.4, 0.5) is 0 Å². The predicted octanol–water partition coefficient (Wildman–Crippen LogP) is 3.78. The Kier molecular flexibility index (Phi) is 2.56. The van der Waals surface area contributed by atoms with E-state index < -0.39 is 0 Å². The zero-order valence-electron chi connectivity index (χ0n) is 12.7. The molecule has 0 bridgehead atoms. The molecule has 0 aliphatic carbocycles. The summed E-state index contributed by atoms with van der Waals surface area (Å²) >= 11 is 0. The highest BCUT2D eigenvalue weighted by Crippen LogP contribution is 2.49. The molecule has 3 aliphatic rings. The quantitative estimate of drug-likeness (QED) is 0.805. The van der Waals surface area contributed by atoms with Gasteiger partial charge >= 0.3 is 0 Å². The Morgan fingerprint density at radius 2 is 1.78 bits per heavy atom. The number of fused-ring (bicyclic) bond motifs is 4. The highest BCUT2D eigenvalue weighted by atomic mass is 16.6. The molecule has 4 nitrogen and oxygen atoms in total. The van der Waals surface area contributed by atoms with E-state index in [-0.39, 0.29) is 6.04 Å². The average molecular weight is 305 g/mol. The van der Waals surface area contributed by atoms with E-state index in [1.165, 1.54) is 0 Å². The molecular formula is C19H15NO3. The lowest BCUT2D eigenvalue weighted by Crippen LogP contribution is -2.15. The van der Waals surface area contributed by atoms with Crippen molar-refractivity contribution in [1.29, 1.82) is 0 Å². The van der Waals surface area contributed by atoms with Crippen LogP contribution >= 0.6 is 0 Å². The van der Waals surface area contributed by atoms with E-state index >= 15 is 0 Å². The predicted molar refractivity (Wildman–Crippen MR) is 87.3 cm³/mol. The number of ether oxygens (including phenoxy) is 3. The molecule has 3 aliphatic heterocycles. The SMILES string of the molecule is CC1=NC2C(=C1c1ccc3c(c1)OCCO3)Oc1ccccc12. The van der Waals surface area contributed by atoms with Crippen molar-refractivity contribution in [2.45, 2.75) is 13.0 Å². The van der Waals surface area contributed by atoms with Crippen LogP contribution in [0.15, 0.2) is 53.2 Å². The summed E-state index contributed by atoms with van der Waals surface area (Å²) in [5, 5.41) is 0. The minimum Gasteiger partial charge on any atom is -0.486 e. The smallest absolute Gasteiger partial charge is 0.161 e. The van der Waals surface area contributed by atoms with Gasteiger partial charge in [0.25, 0.3) is 0 Å². The average Bonchev–Trinajstić information content (AvgIpc) is 3.09. The number of rotatable bonds is 1. The third-order valence-electron chi connectivity index (χ3n) is 4.44. The molecule has 0 spiro atoms. The zero-order valence-corrected chi connectivity index (χ0v) is 12.7. The van der Waals surface area contributed by atoms with Crippen LogP contribution in [-0.2, 0) is 0 Å². The topological polar surface area (TPSA) is 40.0 Å². The highest BCUT2D eigenvalue weighted by Gasteiger charge is 2.37. The maximum absolute atomic E-state index is 6.11. The van der Waals surface area contributed by atoms with Gasteiger partial charge in [0.1, 0.15) is 30.8 Å². The van der Waals surface area contributed by atoms with E-state index in [4.69, 9.17) is 19.2 Å². The van der Waals surface area contributed by atoms with Crippen molar-refractivity contribution < 1.29 is 14.2 Å². The number of benzene rings is 2. The normalized spacial score (nSPS) is 20.7. The van der Waals surface area contributed by atoms with Gasteiger partial charge in [0.2, 0.25) is 0 Å². The molecule has 0 aromatic heterocycles. The van der Waals surface area contributed by atoms with Crippen molar-refractivity contribution in [3.63, 3.8) is 0 Å². The third-order valence-corrected chi connectivity index (χ3v) is 4.44. The second-order valence-electron chi connectivity index (χ2n) is 5.85. The molecule has 23 heavy (non-hydrogen) atoms. The molecule has 5 rings (SSSR count). The molecule has 0 saturated heterocycles. The Morgan fingerprint density at radius 1 is 0.957 bits per heavy atom. The molecule has 4 heteroatoms. The molecule has 2 aromatic rings. The molecule has 3 heterocycles. The van der Waals surface area contributed by atoms with Gasteiger partial charge in [-0.05, 0) is 30.7 Å². The summed E-state index contributed by atoms with van der Waals surface area (Å²) in [5.41, 5.74) is 4.24. The van der Waals surface area contributed by atoms with Crippen molar-refractivity contribution in [3.8, 4) is 17.2 Å². The van der Waals surface area contributed by atoms with Gasteiger partial charge in [-0.15, -0.1) is 0 Å². The molecule has 0 fully saturated rings. The lowest BCUT2D eigenvalue weighted by atomic mass is 9.99. The number of allylic oxidation sites excluding steroid dienone is 1. The maximum Gasteiger partial charge on any atom is 0.161 e. The minimum atomic E-state index is -0.0191. The first-order valence-electron chi connectivity index (χ1n) is 7.77. The van der Waals surface area contributed by atoms with Gasteiger partial charge < -0.3 is 14.2 Å². The Morgan fingerprint density at radius 3 is 2.70 bits per heavy atom. The molecule has 0 saturated carbocycles. The van der Waals surface area contributed by atoms with E-state index in [0.717, 1.165) is 45.4 Å². The van der Waals surface area contributed by atoms with E-state index in [0.29, 0.717) is 13.2 Å². The summed E-state index contributed by atoms with van der Waals surface area (Å²) in [6, 6.07) is 14.1.